The van der Waals surface area contributed by atoms with Gasteiger partial charge in [-0.25, -0.2) is 0 Å². The second-order valence-corrected chi connectivity index (χ2v) is 5.43. The van der Waals surface area contributed by atoms with Crippen molar-refractivity contribution in [2.24, 2.45) is 0 Å². The molecule has 0 radical (unpaired) electrons. The first-order chi connectivity index (χ1) is 8.85. The van der Waals surface area contributed by atoms with Crippen LogP contribution in [0, 0.1) is 0 Å². The lowest BCUT2D eigenvalue weighted by molar-refractivity contribution is 0.282. The van der Waals surface area contributed by atoms with Gasteiger partial charge in [-0.2, -0.15) is 0 Å². The molecule has 0 bridgehead atoms. The molecular weight excluding hydrogens is 222 g/mol. The summed E-state index contributed by atoms with van der Waals surface area (Å²) < 4.78 is 0. The van der Waals surface area contributed by atoms with E-state index in [1.165, 1.54) is 57.8 Å². The molecule has 0 heterocycles. The maximum Gasteiger partial charge on any atom is 0.0431 e. The van der Waals surface area contributed by atoms with Gasteiger partial charge in [0.1, 0.15) is 0 Å². The zero-order chi connectivity index (χ0) is 13.5. The molecule has 0 saturated carbocycles. The lowest BCUT2D eigenvalue weighted by atomic mass is 10.0. The summed E-state index contributed by atoms with van der Waals surface area (Å²) in [5, 5.41) is 12.5. The van der Waals surface area contributed by atoms with Crippen LogP contribution in [-0.4, -0.2) is 24.3 Å². The molecule has 0 aliphatic heterocycles. The highest BCUT2D eigenvalue weighted by Crippen LogP contribution is 2.11. The molecule has 110 valence electrons. The van der Waals surface area contributed by atoms with Crippen molar-refractivity contribution in [2.45, 2.75) is 90.5 Å². The van der Waals surface area contributed by atoms with Crippen molar-refractivity contribution in [3.05, 3.63) is 0 Å². The first-order valence-electron chi connectivity index (χ1n) is 8.19. The Labute approximate surface area is 115 Å². The predicted octanol–water partition coefficient (Wildman–Crippen LogP) is 4.27. The van der Waals surface area contributed by atoms with Gasteiger partial charge >= 0.3 is 0 Å². The highest BCUT2D eigenvalue weighted by atomic mass is 16.2. The van der Waals surface area contributed by atoms with Crippen LogP contribution in [0.4, 0.5) is 0 Å². The summed E-state index contributed by atoms with van der Waals surface area (Å²) in [6.45, 7) is 6.02. The summed E-state index contributed by atoms with van der Waals surface area (Å²) in [5.74, 6) is 0. The van der Waals surface area contributed by atoms with Crippen LogP contribution in [0.15, 0.2) is 0 Å². The van der Waals surface area contributed by atoms with Crippen LogP contribution in [0.3, 0.4) is 0 Å². The standard InChI is InChI=1S/C16H35NO/c1-3-5-8-12-16(13-9-6-4-2)17-14-10-7-11-15-18/h16-18H,3-15H2,1-2H3. The molecule has 0 aliphatic rings. The van der Waals surface area contributed by atoms with Gasteiger partial charge in [-0.1, -0.05) is 52.4 Å². The molecule has 0 saturated heterocycles. The number of hydrogen-bond donors (Lipinski definition) is 2. The van der Waals surface area contributed by atoms with Crippen LogP contribution in [-0.2, 0) is 0 Å². The fourth-order valence-electron chi connectivity index (χ4n) is 2.35. The summed E-state index contributed by atoms with van der Waals surface area (Å²) in [6, 6.07) is 0.734. The maximum atomic E-state index is 8.74. The fraction of sp³-hybridized carbons (Fsp3) is 1.00. The average Bonchev–Trinajstić information content (AvgIpc) is 2.38. The zero-order valence-corrected chi connectivity index (χ0v) is 12.7. The summed E-state index contributed by atoms with van der Waals surface area (Å²) in [6.07, 6.45) is 14.1. The number of hydrogen-bond acceptors (Lipinski definition) is 2. The number of aliphatic hydroxyl groups is 1. The van der Waals surface area contributed by atoms with Crippen molar-refractivity contribution < 1.29 is 5.11 Å². The van der Waals surface area contributed by atoms with Gasteiger partial charge in [-0.15, -0.1) is 0 Å². The molecular formula is C16H35NO. The Morgan fingerprint density at radius 1 is 0.778 bits per heavy atom. The van der Waals surface area contributed by atoms with E-state index < -0.39 is 0 Å². The highest BCUT2D eigenvalue weighted by molar-refractivity contribution is 4.67. The van der Waals surface area contributed by atoms with E-state index in [2.05, 4.69) is 19.2 Å². The number of unbranched alkanes of at least 4 members (excludes halogenated alkanes) is 6. The van der Waals surface area contributed by atoms with E-state index in [1.54, 1.807) is 0 Å². The summed E-state index contributed by atoms with van der Waals surface area (Å²) in [5.41, 5.74) is 0. The minimum Gasteiger partial charge on any atom is -0.396 e. The summed E-state index contributed by atoms with van der Waals surface area (Å²) >= 11 is 0. The first kappa shape index (κ1) is 17.9. The van der Waals surface area contributed by atoms with E-state index in [4.69, 9.17) is 5.11 Å². The van der Waals surface area contributed by atoms with Gasteiger partial charge in [0.05, 0.1) is 0 Å². The number of aliphatic hydroxyl groups excluding tert-OH is 1. The van der Waals surface area contributed by atoms with Gasteiger partial charge < -0.3 is 10.4 Å². The number of nitrogens with one attached hydrogen (secondary N) is 1. The van der Waals surface area contributed by atoms with Crippen molar-refractivity contribution in [1.29, 1.82) is 0 Å². The second kappa shape index (κ2) is 15.0. The maximum absolute atomic E-state index is 8.74. The van der Waals surface area contributed by atoms with E-state index in [0.717, 1.165) is 25.4 Å². The van der Waals surface area contributed by atoms with Gasteiger partial charge in [-0.05, 0) is 38.6 Å². The molecule has 0 amide bonds. The molecule has 0 rings (SSSR count). The molecule has 2 heteroatoms. The molecule has 2 N–H and O–H groups in total. The third kappa shape index (κ3) is 12.4. The Morgan fingerprint density at radius 3 is 1.89 bits per heavy atom. The Bertz CT molecular complexity index is 140. The molecule has 0 aromatic heterocycles. The normalized spacial score (nSPS) is 11.3. The molecule has 2 nitrogen and oxygen atoms in total. The van der Waals surface area contributed by atoms with Crippen LogP contribution in [0.5, 0.6) is 0 Å². The van der Waals surface area contributed by atoms with Crippen molar-refractivity contribution in [1.82, 2.24) is 5.32 Å². The molecule has 0 aliphatic carbocycles. The Kier molecular flexibility index (Phi) is 14.9. The van der Waals surface area contributed by atoms with Crippen molar-refractivity contribution in [2.75, 3.05) is 13.2 Å². The van der Waals surface area contributed by atoms with E-state index in [-0.39, 0.29) is 0 Å². The van der Waals surface area contributed by atoms with Crippen molar-refractivity contribution in [3.8, 4) is 0 Å². The average molecular weight is 257 g/mol. The molecule has 0 atom stereocenters. The first-order valence-corrected chi connectivity index (χ1v) is 8.19. The van der Waals surface area contributed by atoms with Crippen molar-refractivity contribution in [3.63, 3.8) is 0 Å². The SMILES string of the molecule is CCCCCC(CCCCC)NCCCCCO. The van der Waals surface area contributed by atoms with Crippen LogP contribution >= 0.6 is 0 Å². The minimum absolute atomic E-state index is 0.344. The zero-order valence-electron chi connectivity index (χ0n) is 12.7. The molecule has 0 aromatic rings. The molecule has 18 heavy (non-hydrogen) atoms. The van der Waals surface area contributed by atoms with E-state index in [9.17, 15) is 0 Å². The Hall–Kier alpha value is -0.0800. The summed E-state index contributed by atoms with van der Waals surface area (Å²) in [4.78, 5) is 0. The third-order valence-electron chi connectivity index (χ3n) is 3.58. The molecule has 0 spiro atoms. The monoisotopic (exact) mass is 257 g/mol. The predicted molar refractivity (Wildman–Crippen MR) is 81.0 cm³/mol. The summed E-state index contributed by atoms with van der Waals surface area (Å²) in [7, 11) is 0. The van der Waals surface area contributed by atoms with Gasteiger partial charge in [0, 0.05) is 12.6 Å². The smallest absolute Gasteiger partial charge is 0.0431 e. The van der Waals surface area contributed by atoms with Gasteiger partial charge in [0.2, 0.25) is 0 Å². The van der Waals surface area contributed by atoms with Gasteiger partial charge in [0.15, 0.2) is 0 Å². The lowest BCUT2D eigenvalue weighted by Crippen LogP contribution is -2.30. The largest absolute Gasteiger partial charge is 0.396 e. The molecule has 0 aromatic carbocycles. The molecule has 0 unspecified atom stereocenters. The van der Waals surface area contributed by atoms with Crippen LogP contribution in [0.2, 0.25) is 0 Å². The highest BCUT2D eigenvalue weighted by Gasteiger charge is 2.06. The fourth-order valence-corrected chi connectivity index (χ4v) is 2.35. The van der Waals surface area contributed by atoms with Gasteiger partial charge in [0.25, 0.3) is 0 Å². The number of rotatable bonds is 14. The quantitative estimate of drug-likeness (QED) is 0.456. The third-order valence-corrected chi connectivity index (χ3v) is 3.58. The Morgan fingerprint density at radius 2 is 1.39 bits per heavy atom. The second-order valence-electron chi connectivity index (χ2n) is 5.43. The van der Waals surface area contributed by atoms with Crippen molar-refractivity contribution >= 4 is 0 Å². The minimum atomic E-state index is 0.344. The topological polar surface area (TPSA) is 32.3 Å². The van der Waals surface area contributed by atoms with Crippen LogP contribution in [0.25, 0.3) is 0 Å². The van der Waals surface area contributed by atoms with E-state index in [0.29, 0.717) is 6.61 Å². The van der Waals surface area contributed by atoms with Crippen LogP contribution < -0.4 is 5.32 Å². The lowest BCUT2D eigenvalue weighted by Gasteiger charge is -2.18. The Balaban J connectivity index is 3.60. The van der Waals surface area contributed by atoms with E-state index in [1.807, 2.05) is 0 Å². The van der Waals surface area contributed by atoms with Gasteiger partial charge in [-0.3, -0.25) is 0 Å². The molecule has 0 fully saturated rings. The van der Waals surface area contributed by atoms with Crippen LogP contribution in [0.1, 0.15) is 84.5 Å². The van der Waals surface area contributed by atoms with E-state index >= 15 is 0 Å².